The molecule has 1 aliphatic heterocycles. The maximum atomic E-state index is 12.0. The molecule has 28 heavy (non-hydrogen) atoms. The number of hydrogen-bond acceptors (Lipinski definition) is 6. The van der Waals surface area contributed by atoms with Crippen molar-refractivity contribution in [3.05, 3.63) is 42.0 Å². The molecule has 1 aromatic heterocycles. The minimum atomic E-state index is -0.564. The maximum Gasteiger partial charge on any atom is 0.302 e. The summed E-state index contributed by atoms with van der Waals surface area (Å²) >= 11 is 0. The number of fused-ring (bicyclic) bond motifs is 2. The van der Waals surface area contributed by atoms with E-state index in [0.29, 0.717) is 41.4 Å². The van der Waals surface area contributed by atoms with Crippen LogP contribution in [0.3, 0.4) is 0 Å². The van der Waals surface area contributed by atoms with Crippen molar-refractivity contribution in [2.24, 2.45) is 10.2 Å². The van der Waals surface area contributed by atoms with Gasteiger partial charge < -0.3 is 24.3 Å². The summed E-state index contributed by atoms with van der Waals surface area (Å²) in [4.78, 5) is 14.8. The number of benzene rings is 2. The van der Waals surface area contributed by atoms with Crippen LogP contribution in [0.25, 0.3) is 10.9 Å². The lowest BCUT2D eigenvalue weighted by Gasteiger charge is -2.17. The standard InChI is InChI=1S/C20H19N3O5/c1-2-12-3-5-13(6-4-12)28-11-18(24)22-23-19-14-9-16-17(27-8-7-26-16)10-15(14)21-20(19)25/h3-6,9-10,21,25H,2,7-8,11H2,1H3. The number of nitrogens with zero attached hydrogens (tertiary/aromatic N) is 2. The largest absolute Gasteiger partial charge is 0.493 e. The fourth-order valence-corrected chi connectivity index (χ4v) is 2.90. The van der Waals surface area contributed by atoms with Gasteiger partial charge in [0.05, 0.1) is 5.52 Å². The molecule has 0 unspecified atom stereocenters. The van der Waals surface area contributed by atoms with E-state index in [0.717, 1.165) is 6.42 Å². The van der Waals surface area contributed by atoms with Crippen LogP contribution in [0.15, 0.2) is 46.6 Å². The van der Waals surface area contributed by atoms with E-state index in [9.17, 15) is 9.90 Å². The molecule has 2 heterocycles. The third kappa shape index (κ3) is 3.62. The Bertz CT molecular complexity index is 1040. The summed E-state index contributed by atoms with van der Waals surface area (Å²) in [6, 6.07) is 10.9. The second kappa shape index (κ2) is 7.59. The quantitative estimate of drug-likeness (QED) is 0.652. The van der Waals surface area contributed by atoms with E-state index >= 15 is 0 Å². The first-order chi connectivity index (χ1) is 13.6. The van der Waals surface area contributed by atoms with Crippen molar-refractivity contribution in [2.45, 2.75) is 13.3 Å². The van der Waals surface area contributed by atoms with Gasteiger partial charge in [-0.05, 0) is 30.2 Å². The number of aromatic hydroxyl groups is 1. The maximum absolute atomic E-state index is 12.0. The number of carbonyl (C=O) groups excluding carboxylic acids is 1. The zero-order valence-electron chi connectivity index (χ0n) is 15.3. The second-order valence-electron chi connectivity index (χ2n) is 6.24. The van der Waals surface area contributed by atoms with Crippen molar-refractivity contribution < 1.29 is 24.1 Å². The molecule has 144 valence electrons. The molecule has 0 spiro atoms. The van der Waals surface area contributed by atoms with Gasteiger partial charge in [-0.15, -0.1) is 10.2 Å². The highest BCUT2D eigenvalue weighted by Crippen LogP contribution is 2.42. The number of ether oxygens (including phenoxy) is 3. The summed E-state index contributed by atoms with van der Waals surface area (Å²) in [6.45, 7) is 2.73. The van der Waals surface area contributed by atoms with Crippen LogP contribution in [0.1, 0.15) is 12.5 Å². The number of hydrogen-bond donors (Lipinski definition) is 2. The van der Waals surface area contributed by atoms with Gasteiger partial charge in [0.2, 0.25) is 5.88 Å². The average Bonchev–Trinajstić information content (AvgIpc) is 3.03. The number of rotatable bonds is 5. The van der Waals surface area contributed by atoms with E-state index < -0.39 is 5.91 Å². The molecule has 0 saturated carbocycles. The number of azo groups is 1. The smallest absolute Gasteiger partial charge is 0.302 e. The Morgan fingerprint density at radius 3 is 2.61 bits per heavy atom. The summed E-state index contributed by atoms with van der Waals surface area (Å²) in [7, 11) is 0. The number of amides is 1. The zero-order chi connectivity index (χ0) is 19.5. The number of aryl methyl sites for hydroxylation is 1. The van der Waals surface area contributed by atoms with Crippen LogP contribution < -0.4 is 14.2 Å². The van der Waals surface area contributed by atoms with E-state index in [1.165, 1.54) is 5.56 Å². The molecule has 0 radical (unpaired) electrons. The van der Waals surface area contributed by atoms with Crippen LogP contribution in [0.4, 0.5) is 5.69 Å². The lowest BCUT2D eigenvalue weighted by molar-refractivity contribution is -0.120. The molecule has 8 nitrogen and oxygen atoms in total. The van der Waals surface area contributed by atoms with E-state index in [1.807, 2.05) is 12.1 Å². The predicted octanol–water partition coefficient (Wildman–Crippen LogP) is 3.90. The minimum Gasteiger partial charge on any atom is -0.493 e. The Morgan fingerprint density at radius 1 is 1.18 bits per heavy atom. The number of aromatic nitrogens is 1. The van der Waals surface area contributed by atoms with Gasteiger partial charge in [-0.2, -0.15) is 0 Å². The highest BCUT2D eigenvalue weighted by molar-refractivity contribution is 5.96. The lowest BCUT2D eigenvalue weighted by atomic mass is 10.2. The first-order valence-electron chi connectivity index (χ1n) is 8.94. The van der Waals surface area contributed by atoms with Crippen molar-refractivity contribution in [3.63, 3.8) is 0 Å². The van der Waals surface area contributed by atoms with Crippen molar-refractivity contribution in [2.75, 3.05) is 19.8 Å². The van der Waals surface area contributed by atoms with Crippen molar-refractivity contribution >= 4 is 22.5 Å². The Kier molecular flexibility index (Phi) is 4.84. The number of carbonyl (C=O) groups is 1. The second-order valence-corrected chi connectivity index (χ2v) is 6.24. The molecule has 2 N–H and O–H groups in total. The Labute approximate surface area is 160 Å². The molecule has 0 aliphatic carbocycles. The Hall–Kier alpha value is -3.55. The van der Waals surface area contributed by atoms with Gasteiger partial charge in [-0.1, -0.05) is 19.1 Å². The third-order valence-electron chi connectivity index (χ3n) is 4.37. The van der Waals surface area contributed by atoms with Crippen LogP contribution >= 0.6 is 0 Å². The Morgan fingerprint density at radius 2 is 1.89 bits per heavy atom. The summed E-state index contributed by atoms with van der Waals surface area (Å²) < 4.78 is 16.5. The van der Waals surface area contributed by atoms with Gasteiger partial charge in [0, 0.05) is 11.5 Å². The Balaban J connectivity index is 1.48. The van der Waals surface area contributed by atoms with Crippen LogP contribution in [0.5, 0.6) is 23.1 Å². The molecule has 2 aromatic carbocycles. The SMILES string of the molecule is CCc1ccc(OCC(=O)N=Nc2c(O)[nH]c3cc4c(cc23)OCCO4)cc1. The molecular formula is C20H19N3O5. The molecule has 1 aliphatic rings. The zero-order valence-corrected chi connectivity index (χ0v) is 15.3. The van der Waals surface area contributed by atoms with E-state index in [4.69, 9.17) is 14.2 Å². The highest BCUT2D eigenvalue weighted by atomic mass is 16.6. The monoisotopic (exact) mass is 381 g/mol. The van der Waals surface area contributed by atoms with Crippen LogP contribution in [0.2, 0.25) is 0 Å². The molecule has 0 atom stereocenters. The van der Waals surface area contributed by atoms with Gasteiger partial charge in [0.25, 0.3) is 0 Å². The molecule has 4 rings (SSSR count). The van der Waals surface area contributed by atoms with Crippen molar-refractivity contribution in [1.29, 1.82) is 0 Å². The number of H-pyrrole nitrogens is 1. The van der Waals surface area contributed by atoms with Crippen LogP contribution in [0, 0.1) is 0 Å². The molecule has 1 amide bonds. The molecule has 0 fully saturated rings. The first-order valence-corrected chi connectivity index (χ1v) is 8.94. The lowest BCUT2D eigenvalue weighted by Crippen LogP contribution is -2.15. The van der Waals surface area contributed by atoms with Gasteiger partial charge in [-0.3, -0.25) is 4.79 Å². The number of aromatic amines is 1. The normalized spacial score (nSPS) is 13.2. The molecule has 0 saturated heterocycles. The van der Waals surface area contributed by atoms with Gasteiger partial charge in [0.1, 0.15) is 19.0 Å². The van der Waals surface area contributed by atoms with Gasteiger partial charge in [-0.25, -0.2) is 0 Å². The summed E-state index contributed by atoms with van der Waals surface area (Å²) in [5.41, 5.74) is 1.95. The van der Waals surface area contributed by atoms with Crippen molar-refractivity contribution in [3.8, 4) is 23.1 Å². The van der Waals surface area contributed by atoms with E-state index in [-0.39, 0.29) is 18.2 Å². The van der Waals surface area contributed by atoms with Crippen molar-refractivity contribution in [1.82, 2.24) is 4.98 Å². The molecular weight excluding hydrogens is 362 g/mol. The summed E-state index contributed by atoms with van der Waals surface area (Å²) in [6.07, 6.45) is 0.932. The van der Waals surface area contributed by atoms with E-state index in [2.05, 4.69) is 22.1 Å². The minimum absolute atomic E-state index is 0.160. The van der Waals surface area contributed by atoms with Crippen LogP contribution in [-0.4, -0.2) is 35.8 Å². The topological polar surface area (TPSA) is 106 Å². The third-order valence-corrected chi connectivity index (χ3v) is 4.37. The van der Waals surface area contributed by atoms with Gasteiger partial charge in [0.15, 0.2) is 23.8 Å². The van der Waals surface area contributed by atoms with Crippen LogP contribution in [-0.2, 0) is 11.2 Å². The summed E-state index contributed by atoms with van der Waals surface area (Å²) in [5.74, 6) is 0.969. The van der Waals surface area contributed by atoms with E-state index in [1.54, 1.807) is 24.3 Å². The van der Waals surface area contributed by atoms with Gasteiger partial charge >= 0.3 is 5.91 Å². The molecule has 3 aromatic rings. The average molecular weight is 381 g/mol. The predicted molar refractivity (Wildman–Crippen MR) is 102 cm³/mol. The fraction of sp³-hybridized carbons (Fsp3) is 0.250. The highest BCUT2D eigenvalue weighted by Gasteiger charge is 2.18. The first kappa shape index (κ1) is 17.8. The number of nitrogens with one attached hydrogen (secondary N) is 1. The molecule has 0 bridgehead atoms. The molecule has 8 heteroatoms. The fourth-order valence-electron chi connectivity index (χ4n) is 2.90. The summed E-state index contributed by atoms with van der Waals surface area (Å²) in [5, 5.41) is 18.2.